The molecule has 0 bridgehead atoms. The molecule has 1 fully saturated rings. The Morgan fingerprint density at radius 1 is 1.09 bits per heavy atom. The van der Waals surface area contributed by atoms with Gasteiger partial charge in [0.2, 0.25) is 5.91 Å². The van der Waals surface area contributed by atoms with Gasteiger partial charge in [0.05, 0.1) is 29.9 Å². The minimum absolute atomic E-state index is 0.0639. The van der Waals surface area contributed by atoms with Gasteiger partial charge in [-0.05, 0) is 47.4 Å². The van der Waals surface area contributed by atoms with E-state index >= 15 is 0 Å². The average Bonchev–Trinajstić information content (AvgIpc) is 3.27. The number of aromatic nitrogens is 3. The Bertz CT molecular complexity index is 1370. The molecule has 2 amide bonds. The maximum absolute atomic E-state index is 12.8. The van der Waals surface area contributed by atoms with Gasteiger partial charge in [0.15, 0.2) is 0 Å². The topological polar surface area (TPSA) is 109 Å². The second-order valence-corrected chi connectivity index (χ2v) is 8.91. The molecule has 0 saturated carbocycles. The zero-order valence-corrected chi connectivity index (χ0v) is 19.6. The molecule has 0 radical (unpaired) electrons. The van der Waals surface area contributed by atoms with Crippen LogP contribution < -0.4 is 10.6 Å². The van der Waals surface area contributed by atoms with Crippen LogP contribution in [0.25, 0.3) is 10.9 Å². The first-order valence-corrected chi connectivity index (χ1v) is 11.7. The number of halogens is 1. The van der Waals surface area contributed by atoms with Crippen molar-refractivity contribution in [2.24, 2.45) is 0 Å². The lowest BCUT2D eigenvalue weighted by Crippen LogP contribution is -2.45. The second-order valence-electron chi connectivity index (χ2n) is 8.48. The number of fused-ring (bicyclic) bond motifs is 1. The molecule has 1 aliphatic rings. The van der Waals surface area contributed by atoms with Gasteiger partial charge in [-0.1, -0.05) is 35.9 Å². The summed E-state index contributed by atoms with van der Waals surface area (Å²) >= 11 is 6.09. The van der Waals surface area contributed by atoms with E-state index in [1.807, 2.05) is 42.5 Å². The third-order valence-electron chi connectivity index (χ3n) is 5.94. The Hall–Kier alpha value is -3.75. The second kappa shape index (κ2) is 10.2. The number of nitrogens with zero attached hydrogens (tertiary/aromatic N) is 2. The van der Waals surface area contributed by atoms with Crippen LogP contribution >= 0.6 is 11.6 Å². The zero-order valence-electron chi connectivity index (χ0n) is 18.9. The summed E-state index contributed by atoms with van der Waals surface area (Å²) in [4.78, 5) is 28.9. The highest BCUT2D eigenvalue weighted by molar-refractivity contribution is 6.31. The summed E-state index contributed by atoms with van der Waals surface area (Å²) in [5.74, 6) is -0.281. The lowest BCUT2D eigenvalue weighted by atomic mass is 10.0. The van der Waals surface area contributed by atoms with E-state index in [0.29, 0.717) is 43.1 Å². The predicted molar refractivity (Wildman–Crippen MR) is 132 cm³/mol. The summed E-state index contributed by atoms with van der Waals surface area (Å²) < 4.78 is 5.56. The number of carbonyl (C=O) groups is 2. The smallest absolute Gasteiger partial charge is 0.253 e. The van der Waals surface area contributed by atoms with Crippen molar-refractivity contribution in [1.29, 1.82) is 0 Å². The third-order valence-corrected chi connectivity index (χ3v) is 6.18. The molecule has 1 atom stereocenters. The zero-order chi connectivity index (χ0) is 24.2. The van der Waals surface area contributed by atoms with Gasteiger partial charge in [0.25, 0.3) is 5.91 Å². The van der Waals surface area contributed by atoms with Crippen molar-refractivity contribution in [2.75, 3.05) is 13.2 Å². The van der Waals surface area contributed by atoms with Crippen LogP contribution in [0.4, 0.5) is 0 Å². The van der Waals surface area contributed by atoms with Crippen molar-refractivity contribution in [2.45, 2.75) is 25.5 Å². The summed E-state index contributed by atoms with van der Waals surface area (Å²) in [5.41, 5.74) is 5.12. The number of benzene rings is 2. The number of morpholine rings is 1. The summed E-state index contributed by atoms with van der Waals surface area (Å²) in [5, 5.41) is 14.4. The van der Waals surface area contributed by atoms with Crippen LogP contribution in [0.1, 0.15) is 32.7 Å². The van der Waals surface area contributed by atoms with Crippen molar-refractivity contribution in [3.8, 4) is 0 Å². The predicted octanol–water partition coefficient (Wildman–Crippen LogP) is 3.19. The fourth-order valence-electron chi connectivity index (χ4n) is 4.11. The fourth-order valence-corrected chi connectivity index (χ4v) is 4.28. The van der Waals surface area contributed by atoms with Crippen LogP contribution in [0.3, 0.4) is 0 Å². The number of hydrogen-bond acceptors (Lipinski definition) is 5. The van der Waals surface area contributed by atoms with Crippen LogP contribution in [-0.4, -0.2) is 46.3 Å². The molecule has 35 heavy (non-hydrogen) atoms. The van der Waals surface area contributed by atoms with E-state index in [-0.39, 0.29) is 11.8 Å². The van der Waals surface area contributed by atoms with Gasteiger partial charge in [-0.3, -0.25) is 19.7 Å². The van der Waals surface area contributed by atoms with E-state index in [1.165, 1.54) is 0 Å². The number of nitrogens with one attached hydrogen (secondary N) is 3. The first-order valence-electron chi connectivity index (χ1n) is 11.4. The quantitative estimate of drug-likeness (QED) is 0.369. The molecule has 3 N–H and O–H groups in total. The molecule has 3 heterocycles. The summed E-state index contributed by atoms with van der Waals surface area (Å²) in [6.45, 7) is 1.40. The van der Waals surface area contributed by atoms with E-state index in [4.69, 9.17) is 16.3 Å². The van der Waals surface area contributed by atoms with Gasteiger partial charge in [0, 0.05) is 35.8 Å². The Morgan fingerprint density at radius 3 is 2.74 bits per heavy atom. The number of ether oxygens (including phenoxy) is 1. The summed E-state index contributed by atoms with van der Waals surface area (Å²) in [7, 11) is 0. The molecule has 0 spiro atoms. The number of rotatable bonds is 7. The number of H-pyrrole nitrogens is 1. The lowest BCUT2D eigenvalue weighted by Gasteiger charge is -2.22. The van der Waals surface area contributed by atoms with Crippen molar-refractivity contribution < 1.29 is 14.3 Å². The minimum atomic E-state index is -0.439. The van der Waals surface area contributed by atoms with Crippen molar-refractivity contribution in [3.63, 3.8) is 0 Å². The largest absolute Gasteiger partial charge is 0.366 e. The standard InChI is InChI=1S/C26H24ClN5O3/c27-20-5-6-22-21(12-20)23(32-31-22)15-30-25(33)19-10-18(13-28-14-19)9-16-1-3-17(4-2-16)11-24-26(34)29-7-8-35-24/h1-6,10,12-14,24H,7-9,11,15H2,(H,29,34)(H,30,33)(H,31,32). The van der Waals surface area contributed by atoms with Crippen molar-refractivity contribution in [3.05, 3.63) is 93.9 Å². The van der Waals surface area contributed by atoms with E-state index in [1.54, 1.807) is 18.5 Å². The molecule has 5 rings (SSSR count). The number of carbonyl (C=O) groups excluding carboxylic acids is 2. The normalized spacial score (nSPS) is 15.7. The van der Waals surface area contributed by atoms with E-state index < -0.39 is 6.10 Å². The Morgan fingerprint density at radius 2 is 1.91 bits per heavy atom. The van der Waals surface area contributed by atoms with Crippen LogP contribution in [0.15, 0.2) is 60.9 Å². The molecule has 4 aromatic rings. The van der Waals surface area contributed by atoms with Gasteiger partial charge < -0.3 is 15.4 Å². The van der Waals surface area contributed by atoms with Crippen molar-refractivity contribution in [1.82, 2.24) is 25.8 Å². The Kier molecular flexibility index (Phi) is 6.74. The molecule has 9 heteroatoms. The van der Waals surface area contributed by atoms with E-state index in [0.717, 1.165) is 33.3 Å². The summed E-state index contributed by atoms with van der Waals surface area (Å²) in [6, 6.07) is 15.3. The minimum Gasteiger partial charge on any atom is -0.366 e. The molecule has 2 aromatic heterocycles. The van der Waals surface area contributed by atoms with Crippen LogP contribution in [-0.2, 0) is 28.9 Å². The highest BCUT2D eigenvalue weighted by Gasteiger charge is 2.22. The molecular formula is C26H24ClN5O3. The molecule has 1 aliphatic heterocycles. The molecule has 1 unspecified atom stereocenters. The van der Waals surface area contributed by atoms with Gasteiger partial charge in [-0.2, -0.15) is 5.10 Å². The van der Waals surface area contributed by atoms with Crippen molar-refractivity contribution >= 4 is 34.3 Å². The molecule has 8 nitrogen and oxygen atoms in total. The van der Waals surface area contributed by atoms with Crippen LogP contribution in [0.2, 0.25) is 5.02 Å². The first kappa shape index (κ1) is 23.0. The number of pyridine rings is 1. The first-order chi connectivity index (χ1) is 17.0. The SMILES string of the molecule is O=C(NCc1[nH]nc2ccc(Cl)cc12)c1cncc(Cc2ccc(CC3OCCNC3=O)cc2)c1. The average molecular weight is 490 g/mol. The monoisotopic (exact) mass is 489 g/mol. The van der Waals surface area contributed by atoms with Gasteiger partial charge in [-0.25, -0.2) is 0 Å². The van der Waals surface area contributed by atoms with Crippen LogP contribution in [0.5, 0.6) is 0 Å². The molecule has 0 aliphatic carbocycles. The number of aromatic amines is 1. The van der Waals surface area contributed by atoms with Crippen LogP contribution in [0, 0.1) is 0 Å². The molecule has 178 valence electrons. The third kappa shape index (κ3) is 5.50. The number of hydrogen-bond donors (Lipinski definition) is 3. The van der Waals surface area contributed by atoms with Gasteiger partial charge in [0.1, 0.15) is 6.10 Å². The van der Waals surface area contributed by atoms with E-state index in [2.05, 4.69) is 25.8 Å². The lowest BCUT2D eigenvalue weighted by molar-refractivity contribution is -0.137. The maximum atomic E-state index is 12.8. The van der Waals surface area contributed by atoms with E-state index in [9.17, 15) is 9.59 Å². The molecule has 2 aromatic carbocycles. The molecular weight excluding hydrogens is 466 g/mol. The number of amides is 2. The Labute approximate surface area is 207 Å². The van der Waals surface area contributed by atoms with Gasteiger partial charge in [-0.15, -0.1) is 0 Å². The highest BCUT2D eigenvalue weighted by atomic mass is 35.5. The molecule has 1 saturated heterocycles. The maximum Gasteiger partial charge on any atom is 0.253 e. The summed E-state index contributed by atoms with van der Waals surface area (Å²) in [6.07, 6.45) is 4.05. The van der Waals surface area contributed by atoms with Gasteiger partial charge >= 0.3 is 0 Å². The highest BCUT2D eigenvalue weighted by Crippen LogP contribution is 2.21. The fraction of sp³-hybridized carbons (Fsp3) is 0.231. The Balaban J connectivity index is 1.20.